The van der Waals surface area contributed by atoms with Crippen LogP contribution in [-0.2, 0) is 13.1 Å². The first-order valence-electron chi connectivity index (χ1n) is 9.57. The van der Waals surface area contributed by atoms with Crippen molar-refractivity contribution in [2.24, 2.45) is 0 Å². The van der Waals surface area contributed by atoms with Crippen molar-refractivity contribution in [2.45, 2.75) is 45.7 Å². The molecule has 3 aromatic rings. The molecule has 0 saturated carbocycles. The monoisotopic (exact) mass is 349 g/mol. The minimum atomic E-state index is 0.503. The summed E-state index contributed by atoms with van der Waals surface area (Å²) < 4.78 is 2.00. The average Bonchev–Trinajstić information content (AvgIpc) is 3.32. The summed E-state index contributed by atoms with van der Waals surface area (Å²) in [6, 6.07) is 8.74. The van der Waals surface area contributed by atoms with Gasteiger partial charge in [-0.05, 0) is 38.8 Å². The lowest BCUT2D eigenvalue weighted by Gasteiger charge is -2.32. The third-order valence-corrected chi connectivity index (χ3v) is 5.36. The standard InChI is InChI=1S/C21H27N5/c1-3-26-14-17(11-23-26)13-25-10-4-5-19(15-25)21-20(12-22-24-21)18-8-6-16(2)7-9-18/h6-9,11-12,14,19H,3-5,10,13,15H2,1-2H3,(H,22,24)/t19-/m1/s1. The highest BCUT2D eigenvalue weighted by atomic mass is 15.3. The maximum absolute atomic E-state index is 4.40. The van der Waals surface area contributed by atoms with Crippen LogP contribution < -0.4 is 0 Å². The Labute approximate surface area is 155 Å². The molecule has 1 aromatic carbocycles. The molecule has 5 heteroatoms. The molecule has 0 amide bonds. The van der Waals surface area contributed by atoms with E-state index in [1.807, 2.05) is 17.1 Å². The number of piperidine rings is 1. The number of nitrogens with one attached hydrogen (secondary N) is 1. The fourth-order valence-electron chi connectivity index (χ4n) is 3.92. The third-order valence-electron chi connectivity index (χ3n) is 5.36. The number of likely N-dealkylation sites (tertiary alicyclic amines) is 1. The van der Waals surface area contributed by atoms with E-state index in [0.29, 0.717) is 5.92 Å². The number of aromatic nitrogens is 4. The molecule has 0 unspecified atom stereocenters. The Balaban J connectivity index is 1.50. The van der Waals surface area contributed by atoms with Crippen molar-refractivity contribution >= 4 is 0 Å². The van der Waals surface area contributed by atoms with Gasteiger partial charge in [0.1, 0.15) is 0 Å². The Kier molecular flexibility index (Phi) is 4.89. The summed E-state index contributed by atoms with van der Waals surface area (Å²) in [4.78, 5) is 2.55. The van der Waals surface area contributed by atoms with Crippen molar-refractivity contribution < 1.29 is 0 Å². The van der Waals surface area contributed by atoms with E-state index >= 15 is 0 Å². The number of hydrogen-bond donors (Lipinski definition) is 1. The zero-order valence-electron chi connectivity index (χ0n) is 15.7. The highest BCUT2D eigenvalue weighted by Crippen LogP contribution is 2.33. The van der Waals surface area contributed by atoms with Crippen LogP contribution in [0.15, 0.2) is 42.9 Å². The van der Waals surface area contributed by atoms with Crippen molar-refractivity contribution in [3.05, 3.63) is 59.7 Å². The molecule has 0 radical (unpaired) electrons. The Morgan fingerprint density at radius 1 is 1.19 bits per heavy atom. The minimum Gasteiger partial charge on any atom is -0.298 e. The molecule has 136 valence electrons. The number of benzene rings is 1. The highest BCUT2D eigenvalue weighted by Gasteiger charge is 2.25. The van der Waals surface area contributed by atoms with Crippen LogP contribution in [0.1, 0.15) is 42.5 Å². The van der Waals surface area contributed by atoms with Gasteiger partial charge in [0.05, 0.1) is 12.4 Å². The molecule has 1 atom stereocenters. The lowest BCUT2D eigenvalue weighted by molar-refractivity contribution is 0.198. The van der Waals surface area contributed by atoms with E-state index in [1.54, 1.807) is 0 Å². The van der Waals surface area contributed by atoms with Gasteiger partial charge < -0.3 is 0 Å². The van der Waals surface area contributed by atoms with Gasteiger partial charge in [0.15, 0.2) is 0 Å². The quantitative estimate of drug-likeness (QED) is 0.758. The largest absolute Gasteiger partial charge is 0.298 e. The normalized spacial score (nSPS) is 18.3. The second-order valence-corrected chi connectivity index (χ2v) is 7.34. The Morgan fingerprint density at radius 3 is 2.81 bits per heavy atom. The van der Waals surface area contributed by atoms with E-state index in [2.05, 4.69) is 64.5 Å². The molecule has 4 rings (SSSR count). The molecule has 0 bridgehead atoms. The SMILES string of the molecule is CCn1cc(CN2CCC[C@@H](c3[nH]ncc3-c3ccc(C)cc3)C2)cn1. The third kappa shape index (κ3) is 3.58. The Bertz CT molecular complexity index is 845. The van der Waals surface area contributed by atoms with Crippen LogP contribution in [0, 0.1) is 6.92 Å². The molecular weight excluding hydrogens is 322 g/mol. The van der Waals surface area contributed by atoms with Crippen LogP contribution in [0.2, 0.25) is 0 Å². The molecule has 1 N–H and O–H groups in total. The Hall–Kier alpha value is -2.40. The van der Waals surface area contributed by atoms with Gasteiger partial charge in [-0.1, -0.05) is 29.8 Å². The molecule has 1 aliphatic rings. The fraction of sp³-hybridized carbons (Fsp3) is 0.429. The van der Waals surface area contributed by atoms with Crippen molar-refractivity contribution in [2.75, 3.05) is 13.1 Å². The predicted molar refractivity (Wildman–Crippen MR) is 104 cm³/mol. The maximum atomic E-state index is 4.40. The van der Waals surface area contributed by atoms with E-state index in [9.17, 15) is 0 Å². The number of aryl methyl sites for hydroxylation is 2. The summed E-state index contributed by atoms with van der Waals surface area (Å²) in [5, 5.41) is 12.1. The number of hydrogen-bond acceptors (Lipinski definition) is 3. The van der Waals surface area contributed by atoms with Gasteiger partial charge >= 0.3 is 0 Å². The summed E-state index contributed by atoms with van der Waals surface area (Å²) in [5.41, 5.74) is 6.37. The van der Waals surface area contributed by atoms with Crippen molar-refractivity contribution in [3.63, 3.8) is 0 Å². The summed E-state index contributed by atoms with van der Waals surface area (Å²) in [6.45, 7) is 8.37. The van der Waals surface area contributed by atoms with Crippen LogP contribution in [-0.4, -0.2) is 38.0 Å². The molecule has 0 spiro atoms. The first-order valence-corrected chi connectivity index (χ1v) is 9.57. The second-order valence-electron chi connectivity index (χ2n) is 7.34. The summed E-state index contributed by atoms with van der Waals surface area (Å²) in [7, 11) is 0. The summed E-state index contributed by atoms with van der Waals surface area (Å²) >= 11 is 0. The topological polar surface area (TPSA) is 49.7 Å². The van der Waals surface area contributed by atoms with E-state index in [0.717, 1.165) is 26.2 Å². The highest BCUT2D eigenvalue weighted by molar-refractivity contribution is 5.66. The van der Waals surface area contributed by atoms with Crippen molar-refractivity contribution in [3.8, 4) is 11.1 Å². The molecule has 1 aliphatic heterocycles. The average molecular weight is 349 g/mol. The zero-order valence-corrected chi connectivity index (χ0v) is 15.7. The number of nitrogens with zero attached hydrogens (tertiary/aromatic N) is 4. The van der Waals surface area contributed by atoms with Gasteiger partial charge in [0.25, 0.3) is 0 Å². The van der Waals surface area contributed by atoms with E-state index in [1.165, 1.54) is 40.8 Å². The van der Waals surface area contributed by atoms with Gasteiger partial charge in [0.2, 0.25) is 0 Å². The molecular formula is C21H27N5. The summed E-state index contributed by atoms with van der Waals surface area (Å²) in [6.07, 6.45) is 8.58. The van der Waals surface area contributed by atoms with Gasteiger partial charge in [-0.3, -0.25) is 14.7 Å². The van der Waals surface area contributed by atoms with Crippen LogP contribution in [0.5, 0.6) is 0 Å². The number of rotatable bonds is 5. The van der Waals surface area contributed by atoms with E-state index in [4.69, 9.17) is 0 Å². The molecule has 5 nitrogen and oxygen atoms in total. The molecule has 0 aliphatic carbocycles. The fourth-order valence-corrected chi connectivity index (χ4v) is 3.92. The predicted octanol–water partition coefficient (Wildman–Crippen LogP) is 3.98. The minimum absolute atomic E-state index is 0.503. The van der Waals surface area contributed by atoms with Gasteiger partial charge in [-0.25, -0.2) is 0 Å². The van der Waals surface area contributed by atoms with Gasteiger partial charge in [-0.2, -0.15) is 10.2 Å². The molecule has 2 aromatic heterocycles. The van der Waals surface area contributed by atoms with Crippen LogP contribution in [0.3, 0.4) is 0 Å². The van der Waals surface area contributed by atoms with Crippen molar-refractivity contribution in [1.82, 2.24) is 24.9 Å². The van der Waals surface area contributed by atoms with Crippen LogP contribution in [0.4, 0.5) is 0 Å². The maximum Gasteiger partial charge on any atom is 0.0568 e. The van der Waals surface area contributed by atoms with Crippen molar-refractivity contribution in [1.29, 1.82) is 0 Å². The summed E-state index contributed by atoms with van der Waals surface area (Å²) in [5.74, 6) is 0.503. The molecule has 26 heavy (non-hydrogen) atoms. The zero-order chi connectivity index (χ0) is 17.9. The lowest BCUT2D eigenvalue weighted by atomic mass is 9.90. The number of H-pyrrole nitrogens is 1. The van der Waals surface area contributed by atoms with Gasteiger partial charge in [0, 0.05) is 48.6 Å². The Morgan fingerprint density at radius 2 is 2.04 bits per heavy atom. The van der Waals surface area contributed by atoms with Gasteiger partial charge in [-0.15, -0.1) is 0 Å². The molecule has 1 fully saturated rings. The second kappa shape index (κ2) is 7.46. The van der Waals surface area contributed by atoms with E-state index < -0.39 is 0 Å². The first-order chi connectivity index (χ1) is 12.7. The number of aromatic amines is 1. The lowest BCUT2D eigenvalue weighted by Crippen LogP contribution is -2.34. The first kappa shape index (κ1) is 17.0. The molecule has 1 saturated heterocycles. The van der Waals surface area contributed by atoms with Crippen LogP contribution in [0.25, 0.3) is 11.1 Å². The van der Waals surface area contributed by atoms with E-state index in [-0.39, 0.29) is 0 Å². The smallest absolute Gasteiger partial charge is 0.0568 e. The van der Waals surface area contributed by atoms with Crippen LogP contribution >= 0.6 is 0 Å². The molecule has 3 heterocycles.